The Labute approximate surface area is 122 Å². The highest BCUT2D eigenvalue weighted by Gasteiger charge is 2.36. The highest BCUT2D eigenvalue weighted by molar-refractivity contribution is 7.51. The predicted octanol–water partition coefficient (Wildman–Crippen LogP) is 0.756. The van der Waals surface area contributed by atoms with Crippen LogP contribution in [-0.4, -0.2) is 38.5 Å². The average molecular weight is 315 g/mol. The second-order valence-corrected chi connectivity index (χ2v) is 6.76. The molecule has 0 radical (unpaired) electrons. The molecule has 1 atom stereocenters. The van der Waals surface area contributed by atoms with Gasteiger partial charge in [0.1, 0.15) is 5.54 Å². The molecule has 0 spiro atoms. The van der Waals surface area contributed by atoms with Crippen LogP contribution in [0.3, 0.4) is 0 Å². The summed E-state index contributed by atoms with van der Waals surface area (Å²) in [7, 11) is -4.33. The number of benzene rings is 1. The zero-order valence-corrected chi connectivity index (χ0v) is 12.4. The zero-order valence-electron chi connectivity index (χ0n) is 11.5. The van der Waals surface area contributed by atoms with Crippen molar-refractivity contribution in [2.45, 2.75) is 25.3 Å². The molecule has 0 aliphatic heterocycles. The third-order valence-corrected chi connectivity index (χ3v) is 3.80. The maximum Gasteiger partial charge on any atom is 0.329 e. The Morgan fingerprint density at radius 3 is 2.29 bits per heavy atom. The Bertz CT molecular complexity index is 555. The van der Waals surface area contributed by atoms with Gasteiger partial charge in [0.25, 0.3) is 0 Å². The summed E-state index contributed by atoms with van der Waals surface area (Å²) in [6.45, 7) is 1.23. The van der Waals surface area contributed by atoms with Gasteiger partial charge in [0.15, 0.2) is 0 Å². The second-order valence-electron chi connectivity index (χ2n) is 4.99. The molecule has 0 heterocycles. The molecule has 1 rings (SSSR count). The number of hydrogen-bond donors (Lipinski definition) is 4. The van der Waals surface area contributed by atoms with Crippen molar-refractivity contribution in [3.8, 4) is 0 Å². The van der Waals surface area contributed by atoms with Gasteiger partial charge in [-0.05, 0) is 18.9 Å². The maximum atomic E-state index is 11.9. The summed E-state index contributed by atoms with van der Waals surface area (Å²) in [6, 6.07) is 8.77. The lowest BCUT2D eigenvalue weighted by Crippen LogP contribution is -2.53. The average Bonchev–Trinajstić information content (AvgIpc) is 2.36. The number of carbonyl (C=O) groups excluding carboxylic acids is 1. The number of nitrogens with one attached hydrogen (secondary N) is 1. The number of carbonyl (C=O) groups is 2. The highest BCUT2D eigenvalue weighted by atomic mass is 31.2. The van der Waals surface area contributed by atoms with Crippen LogP contribution < -0.4 is 5.32 Å². The predicted molar refractivity (Wildman–Crippen MR) is 75.9 cm³/mol. The van der Waals surface area contributed by atoms with Crippen LogP contribution in [0, 0.1) is 0 Å². The van der Waals surface area contributed by atoms with Gasteiger partial charge in [-0.25, -0.2) is 4.79 Å². The fourth-order valence-electron chi connectivity index (χ4n) is 1.73. The van der Waals surface area contributed by atoms with E-state index in [1.165, 1.54) is 6.92 Å². The topological polar surface area (TPSA) is 124 Å². The number of aliphatic carboxylic acids is 1. The van der Waals surface area contributed by atoms with Crippen molar-refractivity contribution in [1.29, 1.82) is 0 Å². The van der Waals surface area contributed by atoms with E-state index in [1.807, 2.05) is 0 Å². The smallest absolute Gasteiger partial charge is 0.329 e. The van der Waals surface area contributed by atoms with Crippen molar-refractivity contribution in [2.75, 3.05) is 6.16 Å². The molecule has 1 aromatic carbocycles. The van der Waals surface area contributed by atoms with E-state index in [-0.39, 0.29) is 12.8 Å². The fourth-order valence-corrected chi connectivity index (χ4v) is 2.46. The van der Waals surface area contributed by atoms with Crippen LogP contribution in [0.2, 0.25) is 0 Å². The van der Waals surface area contributed by atoms with Gasteiger partial charge < -0.3 is 20.2 Å². The highest BCUT2D eigenvalue weighted by Crippen LogP contribution is 2.36. The Morgan fingerprint density at radius 2 is 1.81 bits per heavy atom. The van der Waals surface area contributed by atoms with E-state index in [0.29, 0.717) is 0 Å². The lowest BCUT2D eigenvalue weighted by molar-refractivity contribution is -0.146. The third kappa shape index (κ3) is 6.08. The Hall–Kier alpha value is -1.69. The first kappa shape index (κ1) is 17.4. The second kappa shape index (κ2) is 6.85. The normalized spacial score (nSPS) is 14.2. The molecule has 1 amide bonds. The number of hydrogen-bond acceptors (Lipinski definition) is 3. The van der Waals surface area contributed by atoms with Crippen molar-refractivity contribution in [3.63, 3.8) is 0 Å². The van der Waals surface area contributed by atoms with Crippen LogP contribution in [0.1, 0.15) is 18.9 Å². The van der Waals surface area contributed by atoms with Gasteiger partial charge in [-0.1, -0.05) is 30.3 Å². The molecule has 0 saturated carbocycles. The van der Waals surface area contributed by atoms with E-state index in [0.717, 1.165) is 5.56 Å². The Balaban J connectivity index is 2.71. The molecule has 0 saturated heterocycles. The summed E-state index contributed by atoms with van der Waals surface area (Å²) in [4.78, 5) is 40.8. The Kier molecular flexibility index (Phi) is 5.66. The lowest BCUT2D eigenvalue weighted by atomic mass is 9.98. The van der Waals surface area contributed by atoms with Crippen molar-refractivity contribution in [1.82, 2.24) is 5.32 Å². The van der Waals surface area contributed by atoms with E-state index in [9.17, 15) is 19.3 Å². The minimum Gasteiger partial charge on any atom is -0.480 e. The van der Waals surface area contributed by atoms with Crippen LogP contribution in [0.25, 0.3) is 0 Å². The van der Waals surface area contributed by atoms with Crippen molar-refractivity contribution >= 4 is 19.5 Å². The van der Waals surface area contributed by atoms with Gasteiger partial charge in [0.2, 0.25) is 5.91 Å². The van der Waals surface area contributed by atoms with E-state index < -0.39 is 31.2 Å². The summed E-state index contributed by atoms with van der Waals surface area (Å²) in [5.41, 5.74) is -0.995. The van der Waals surface area contributed by atoms with E-state index in [4.69, 9.17) is 9.79 Å². The van der Waals surface area contributed by atoms with Crippen LogP contribution in [0.15, 0.2) is 30.3 Å². The van der Waals surface area contributed by atoms with Crippen molar-refractivity contribution in [3.05, 3.63) is 35.9 Å². The minimum atomic E-state index is -4.33. The first-order valence-electron chi connectivity index (χ1n) is 6.25. The standard InChI is InChI=1S/C13H18NO6P/c1-13(12(16)17,7-8-21(18,19)20)14-11(15)9-10-5-3-2-4-6-10/h2-6H,7-9H2,1H3,(H,14,15)(H,16,17)(H2,18,19,20)/t13-/m1/s1. The number of amides is 1. The third-order valence-electron chi connectivity index (χ3n) is 3.00. The minimum absolute atomic E-state index is 0.000376. The summed E-state index contributed by atoms with van der Waals surface area (Å²) in [6.07, 6.45) is -0.964. The van der Waals surface area contributed by atoms with E-state index in [2.05, 4.69) is 5.32 Å². The molecule has 0 aliphatic rings. The van der Waals surface area contributed by atoms with Gasteiger partial charge in [0.05, 0.1) is 12.6 Å². The van der Waals surface area contributed by atoms with Crippen LogP contribution >= 0.6 is 7.60 Å². The maximum absolute atomic E-state index is 11.9. The van der Waals surface area contributed by atoms with E-state index in [1.54, 1.807) is 30.3 Å². The monoisotopic (exact) mass is 315 g/mol. The molecule has 0 aromatic heterocycles. The summed E-state index contributed by atoms with van der Waals surface area (Å²) in [5.74, 6) is -1.85. The SMILES string of the molecule is C[C@](CCP(=O)(O)O)(NC(=O)Cc1ccccc1)C(=O)O. The van der Waals surface area contributed by atoms with Crippen molar-refractivity contribution < 1.29 is 29.0 Å². The lowest BCUT2D eigenvalue weighted by Gasteiger charge is -2.26. The molecular formula is C13H18NO6P. The van der Waals surface area contributed by atoms with Gasteiger partial charge in [-0.2, -0.15) is 0 Å². The molecule has 1 aromatic rings. The molecule has 0 bridgehead atoms. The summed E-state index contributed by atoms with van der Waals surface area (Å²) >= 11 is 0. The zero-order chi connectivity index (χ0) is 16.1. The molecule has 21 heavy (non-hydrogen) atoms. The van der Waals surface area contributed by atoms with Crippen LogP contribution in [0.4, 0.5) is 0 Å². The molecular weight excluding hydrogens is 297 g/mol. The van der Waals surface area contributed by atoms with Gasteiger partial charge in [0, 0.05) is 0 Å². The molecule has 4 N–H and O–H groups in total. The van der Waals surface area contributed by atoms with Crippen LogP contribution in [-0.2, 0) is 20.6 Å². The van der Waals surface area contributed by atoms with Gasteiger partial charge >= 0.3 is 13.6 Å². The molecule has 0 fully saturated rings. The quantitative estimate of drug-likeness (QED) is 0.551. The number of rotatable bonds is 7. The first-order valence-corrected chi connectivity index (χ1v) is 8.05. The molecule has 8 heteroatoms. The molecule has 116 valence electrons. The number of carboxylic acid groups (broad SMARTS) is 1. The summed E-state index contributed by atoms with van der Waals surface area (Å²) in [5, 5.41) is 11.5. The largest absolute Gasteiger partial charge is 0.480 e. The molecule has 0 unspecified atom stereocenters. The van der Waals surface area contributed by atoms with Gasteiger partial charge in [-0.15, -0.1) is 0 Å². The summed E-state index contributed by atoms with van der Waals surface area (Å²) < 4.78 is 10.9. The molecule has 7 nitrogen and oxygen atoms in total. The van der Waals surface area contributed by atoms with E-state index >= 15 is 0 Å². The fraction of sp³-hybridized carbons (Fsp3) is 0.385. The number of carboxylic acids is 1. The molecule has 0 aliphatic carbocycles. The van der Waals surface area contributed by atoms with Crippen LogP contribution in [0.5, 0.6) is 0 Å². The Morgan fingerprint density at radius 1 is 1.24 bits per heavy atom. The van der Waals surface area contributed by atoms with Gasteiger partial charge in [-0.3, -0.25) is 9.36 Å². The van der Waals surface area contributed by atoms with Crippen molar-refractivity contribution in [2.24, 2.45) is 0 Å². The first-order chi connectivity index (χ1) is 9.62.